The highest BCUT2D eigenvalue weighted by Gasteiger charge is 2.35. The highest BCUT2D eigenvalue weighted by molar-refractivity contribution is 8.18. The highest BCUT2D eigenvalue weighted by atomic mass is 35.5. The molecule has 140 valence electrons. The van der Waals surface area contributed by atoms with Crippen molar-refractivity contribution in [1.82, 2.24) is 4.90 Å². The van der Waals surface area contributed by atoms with Gasteiger partial charge >= 0.3 is 0 Å². The van der Waals surface area contributed by atoms with Gasteiger partial charge in [0.25, 0.3) is 11.1 Å². The van der Waals surface area contributed by atoms with Gasteiger partial charge in [0.1, 0.15) is 5.75 Å². The zero-order valence-corrected chi connectivity index (χ0v) is 17.1. The van der Waals surface area contributed by atoms with E-state index in [1.54, 1.807) is 24.3 Å². The van der Waals surface area contributed by atoms with Crippen LogP contribution in [0.15, 0.2) is 47.4 Å². The molecule has 0 unspecified atom stereocenters. The first-order valence-corrected chi connectivity index (χ1v) is 9.87. The lowest BCUT2D eigenvalue weighted by Gasteiger charge is -2.13. The monoisotopic (exact) mass is 421 g/mol. The van der Waals surface area contributed by atoms with Crippen molar-refractivity contribution < 1.29 is 14.3 Å². The number of thioether (sulfide) groups is 1. The quantitative estimate of drug-likeness (QED) is 0.553. The second kappa shape index (κ2) is 8.38. The Morgan fingerprint density at radius 2 is 1.81 bits per heavy atom. The Labute approximate surface area is 172 Å². The van der Waals surface area contributed by atoms with Crippen LogP contribution in [0.1, 0.15) is 25.0 Å². The molecule has 27 heavy (non-hydrogen) atoms. The minimum atomic E-state index is -0.335. The minimum Gasteiger partial charge on any atom is -0.491 e. The molecule has 0 atom stereocenters. The first kappa shape index (κ1) is 19.8. The normalized spacial score (nSPS) is 15.9. The van der Waals surface area contributed by atoms with E-state index < -0.39 is 0 Å². The Kier molecular flexibility index (Phi) is 6.15. The summed E-state index contributed by atoms with van der Waals surface area (Å²) >= 11 is 13.0. The molecule has 0 bridgehead atoms. The van der Waals surface area contributed by atoms with Crippen LogP contribution in [-0.4, -0.2) is 22.2 Å². The summed E-state index contributed by atoms with van der Waals surface area (Å²) < 4.78 is 5.60. The fourth-order valence-electron chi connectivity index (χ4n) is 2.52. The van der Waals surface area contributed by atoms with Crippen LogP contribution in [0.25, 0.3) is 6.08 Å². The molecule has 1 fully saturated rings. The van der Waals surface area contributed by atoms with E-state index in [9.17, 15) is 9.59 Å². The van der Waals surface area contributed by atoms with E-state index in [2.05, 4.69) is 0 Å². The highest BCUT2D eigenvalue weighted by Crippen LogP contribution is 2.34. The summed E-state index contributed by atoms with van der Waals surface area (Å²) in [6.45, 7) is 4.02. The van der Waals surface area contributed by atoms with E-state index in [4.69, 9.17) is 27.9 Å². The van der Waals surface area contributed by atoms with Crippen LogP contribution in [0.3, 0.4) is 0 Å². The molecule has 0 radical (unpaired) electrons. The molecule has 1 saturated heterocycles. The van der Waals surface area contributed by atoms with E-state index in [0.717, 1.165) is 23.1 Å². The molecule has 2 aromatic rings. The molecule has 2 amide bonds. The number of benzene rings is 2. The molecular weight excluding hydrogens is 405 g/mol. The third-order valence-corrected chi connectivity index (χ3v) is 5.26. The Hall–Kier alpha value is -1.95. The van der Waals surface area contributed by atoms with E-state index in [-0.39, 0.29) is 23.8 Å². The fourth-order valence-corrected chi connectivity index (χ4v) is 3.83. The Morgan fingerprint density at radius 1 is 1.11 bits per heavy atom. The molecule has 0 aliphatic carbocycles. The third-order valence-electron chi connectivity index (χ3n) is 3.77. The number of ether oxygens (including phenoxy) is 1. The third kappa shape index (κ3) is 4.86. The number of hydrogen-bond acceptors (Lipinski definition) is 4. The molecule has 0 saturated carbocycles. The van der Waals surface area contributed by atoms with Crippen molar-refractivity contribution in [3.63, 3.8) is 0 Å². The van der Waals surface area contributed by atoms with Crippen LogP contribution in [0.2, 0.25) is 10.0 Å². The minimum absolute atomic E-state index is 0.0899. The van der Waals surface area contributed by atoms with Crippen molar-refractivity contribution in [3.8, 4) is 5.75 Å². The molecule has 4 nitrogen and oxygen atoms in total. The molecule has 3 rings (SSSR count). The van der Waals surface area contributed by atoms with Crippen LogP contribution >= 0.6 is 35.0 Å². The lowest BCUT2D eigenvalue weighted by atomic mass is 10.2. The van der Waals surface area contributed by atoms with Gasteiger partial charge in [0.05, 0.1) is 17.6 Å². The number of rotatable bonds is 5. The maximum atomic E-state index is 12.6. The van der Waals surface area contributed by atoms with Crippen LogP contribution in [0, 0.1) is 0 Å². The smallest absolute Gasteiger partial charge is 0.293 e. The predicted octanol–water partition coefficient (Wildman–Crippen LogP) is 6.02. The van der Waals surface area contributed by atoms with Crippen LogP contribution in [0.4, 0.5) is 4.79 Å². The van der Waals surface area contributed by atoms with Gasteiger partial charge in [-0.25, -0.2) is 0 Å². The van der Waals surface area contributed by atoms with Gasteiger partial charge < -0.3 is 4.74 Å². The first-order valence-electron chi connectivity index (χ1n) is 8.29. The number of nitrogens with zero attached hydrogens (tertiary/aromatic N) is 1. The Balaban J connectivity index is 1.76. The predicted molar refractivity (Wildman–Crippen MR) is 110 cm³/mol. The van der Waals surface area contributed by atoms with Crippen molar-refractivity contribution in [3.05, 3.63) is 68.5 Å². The van der Waals surface area contributed by atoms with Crippen LogP contribution in [0.5, 0.6) is 5.75 Å². The van der Waals surface area contributed by atoms with Gasteiger partial charge in [-0.15, -0.1) is 0 Å². The summed E-state index contributed by atoms with van der Waals surface area (Å²) in [5, 5.41) is 0.603. The van der Waals surface area contributed by atoms with E-state index >= 15 is 0 Å². The lowest BCUT2D eigenvalue weighted by molar-refractivity contribution is -0.123. The summed E-state index contributed by atoms with van der Waals surface area (Å²) in [4.78, 5) is 26.5. The number of carbonyl (C=O) groups is 2. The van der Waals surface area contributed by atoms with Crippen LogP contribution < -0.4 is 4.74 Å². The lowest BCUT2D eigenvalue weighted by Crippen LogP contribution is -2.27. The largest absolute Gasteiger partial charge is 0.491 e. The van der Waals surface area contributed by atoms with Gasteiger partial charge in [-0.05, 0) is 67.1 Å². The second-order valence-corrected chi connectivity index (χ2v) is 8.08. The summed E-state index contributed by atoms with van der Waals surface area (Å²) in [5.41, 5.74) is 1.49. The zero-order valence-electron chi connectivity index (χ0n) is 14.7. The summed E-state index contributed by atoms with van der Waals surface area (Å²) in [7, 11) is 0. The van der Waals surface area contributed by atoms with Gasteiger partial charge in [-0.2, -0.15) is 0 Å². The summed E-state index contributed by atoms with van der Waals surface area (Å²) in [6.07, 6.45) is 1.79. The van der Waals surface area contributed by atoms with Gasteiger partial charge in [0, 0.05) is 10.0 Å². The number of amides is 2. The molecule has 7 heteroatoms. The van der Waals surface area contributed by atoms with Gasteiger partial charge in [-0.3, -0.25) is 14.5 Å². The number of imide groups is 1. The first-order chi connectivity index (χ1) is 12.8. The summed E-state index contributed by atoms with van der Waals surface area (Å²) in [6, 6.07) is 12.4. The van der Waals surface area contributed by atoms with Gasteiger partial charge in [0.2, 0.25) is 0 Å². The standard InChI is InChI=1S/C20H17Cl2NO3S/c1-12(2)26-16-7-3-13(4-8-16)9-18-19(24)23(20(25)27-18)11-14-5-6-15(21)10-17(14)22/h3-10,12H,11H2,1-2H3/b18-9-. The Morgan fingerprint density at radius 3 is 2.44 bits per heavy atom. The fraction of sp³-hybridized carbons (Fsp3) is 0.200. The summed E-state index contributed by atoms with van der Waals surface area (Å²) in [5.74, 6) is 0.422. The van der Waals surface area contributed by atoms with Gasteiger partial charge in [0.15, 0.2) is 0 Å². The maximum Gasteiger partial charge on any atom is 0.293 e. The van der Waals surface area contributed by atoms with Crippen molar-refractivity contribution in [2.24, 2.45) is 0 Å². The average molecular weight is 422 g/mol. The van der Waals surface area contributed by atoms with E-state index in [1.807, 2.05) is 38.1 Å². The SMILES string of the molecule is CC(C)Oc1ccc(/C=C2\SC(=O)N(Cc3ccc(Cl)cc3Cl)C2=O)cc1. The molecule has 0 N–H and O–H groups in total. The Bertz CT molecular complexity index is 910. The van der Waals surface area contributed by atoms with Crippen molar-refractivity contribution >= 4 is 52.2 Å². The second-order valence-electron chi connectivity index (χ2n) is 6.24. The van der Waals surface area contributed by atoms with Crippen molar-refractivity contribution in [2.75, 3.05) is 0 Å². The molecule has 1 heterocycles. The molecule has 0 spiro atoms. The molecule has 2 aromatic carbocycles. The van der Waals surface area contributed by atoms with E-state index in [0.29, 0.717) is 20.5 Å². The number of halogens is 2. The molecular formula is C20H17Cl2NO3S. The van der Waals surface area contributed by atoms with Crippen LogP contribution in [-0.2, 0) is 11.3 Å². The molecule has 0 aromatic heterocycles. The number of carbonyl (C=O) groups excluding carboxylic acids is 2. The molecule has 1 aliphatic rings. The van der Waals surface area contributed by atoms with Crippen molar-refractivity contribution in [2.45, 2.75) is 26.5 Å². The van der Waals surface area contributed by atoms with Crippen molar-refractivity contribution in [1.29, 1.82) is 0 Å². The topological polar surface area (TPSA) is 46.6 Å². The van der Waals surface area contributed by atoms with E-state index in [1.165, 1.54) is 4.90 Å². The maximum absolute atomic E-state index is 12.6. The number of hydrogen-bond donors (Lipinski definition) is 0. The van der Waals surface area contributed by atoms with Gasteiger partial charge in [-0.1, -0.05) is 41.4 Å². The molecule has 1 aliphatic heterocycles. The zero-order chi connectivity index (χ0) is 19.6. The average Bonchev–Trinajstić information content (AvgIpc) is 2.86.